The van der Waals surface area contributed by atoms with Crippen LogP contribution in [0.5, 0.6) is 0 Å². The van der Waals surface area contributed by atoms with Crippen molar-refractivity contribution in [3.8, 4) is 0 Å². The van der Waals surface area contributed by atoms with E-state index < -0.39 is 0 Å². The number of hydrogen-bond acceptors (Lipinski definition) is 2. The summed E-state index contributed by atoms with van der Waals surface area (Å²) in [5.74, 6) is 1.28. The van der Waals surface area contributed by atoms with Crippen LogP contribution >= 0.6 is 0 Å². The van der Waals surface area contributed by atoms with Gasteiger partial charge < -0.3 is 0 Å². The van der Waals surface area contributed by atoms with Crippen molar-refractivity contribution in [2.45, 2.75) is 45.1 Å². The molecule has 0 aromatic heterocycles. The van der Waals surface area contributed by atoms with E-state index in [1.54, 1.807) is 0 Å². The topological polar surface area (TPSA) is 20.3 Å². The minimum absolute atomic E-state index is 0.488. The molecule has 0 radical (unpaired) electrons. The molecule has 1 aliphatic heterocycles. The molecule has 1 saturated heterocycles. The third kappa shape index (κ3) is 1.78. The Labute approximate surface area is 80.3 Å². The van der Waals surface area contributed by atoms with Crippen molar-refractivity contribution >= 4 is 5.78 Å². The molecule has 2 nitrogen and oxygen atoms in total. The lowest BCUT2D eigenvalue weighted by Crippen LogP contribution is -2.51. The number of nitrogens with zero attached hydrogens (tertiary/aromatic N) is 1. The Hall–Kier alpha value is -0.370. The standard InChI is InChI=1S/C11H19NO/c1-2-9-4-5-10(13)8-11(9)12-6-3-7-12/h9,11H,2-8H2,1H3. The summed E-state index contributed by atoms with van der Waals surface area (Å²) in [7, 11) is 0. The van der Waals surface area contributed by atoms with E-state index in [1.807, 2.05) is 0 Å². The predicted molar refractivity (Wildman–Crippen MR) is 52.6 cm³/mol. The average molecular weight is 181 g/mol. The van der Waals surface area contributed by atoms with Gasteiger partial charge in [-0.3, -0.25) is 9.69 Å². The maximum atomic E-state index is 11.4. The summed E-state index contributed by atoms with van der Waals surface area (Å²) in [6, 6.07) is 0.597. The second kappa shape index (κ2) is 3.79. The summed E-state index contributed by atoms with van der Waals surface area (Å²) < 4.78 is 0. The Kier molecular flexibility index (Phi) is 2.68. The molecule has 0 aromatic carbocycles. The molecule has 1 aliphatic carbocycles. The van der Waals surface area contributed by atoms with E-state index in [1.165, 1.54) is 25.9 Å². The van der Waals surface area contributed by atoms with Gasteiger partial charge in [0.25, 0.3) is 0 Å². The van der Waals surface area contributed by atoms with Crippen molar-refractivity contribution in [2.75, 3.05) is 13.1 Å². The molecule has 0 N–H and O–H groups in total. The van der Waals surface area contributed by atoms with Crippen LogP contribution in [0.4, 0.5) is 0 Å². The van der Waals surface area contributed by atoms with Crippen molar-refractivity contribution in [1.82, 2.24) is 4.90 Å². The zero-order valence-electron chi connectivity index (χ0n) is 8.46. The number of carbonyl (C=O) groups is 1. The van der Waals surface area contributed by atoms with Crippen molar-refractivity contribution in [3.63, 3.8) is 0 Å². The maximum Gasteiger partial charge on any atom is 0.134 e. The summed E-state index contributed by atoms with van der Waals surface area (Å²) in [6.07, 6.45) is 5.38. The van der Waals surface area contributed by atoms with E-state index in [-0.39, 0.29) is 0 Å². The smallest absolute Gasteiger partial charge is 0.134 e. The Morgan fingerprint density at radius 3 is 2.77 bits per heavy atom. The van der Waals surface area contributed by atoms with E-state index in [4.69, 9.17) is 0 Å². The molecule has 2 heteroatoms. The van der Waals surface area contributed by atoms with Crippen LogP contribution in [0.15, 0.2) is 0 Å². The first-order chi connectivity index (χ1) is 6.31. The lowest BCUT2D eigenvalue weighted by atomic mass is 9.80. The Morgan fingerprint density at radius 2 is 2.23 bits per heavy atom. The molecule has 0 bridgehead atoms. The van der Waals surface area contributed by atoms with Gasteiger partial charge in [-0.15, -0.1) is 0 Å². The van der Waals surface area contributed by atoms with Crippen molar-refractivity contribution < 1.29 is 4.79 Å². The molecular formula is C11H19NO. The SMILES string of the molecule is CCC1CCC(=O)CC1N1CCC1. The van der Waals surface area contributed by atoms with Crippen molar-refractivity contribution in [3.05, 3.63) is 0 Å². The summed E-state index contributed by atoms with van der Waals surface area (Å²) >= 11 is 0. The highest BCUT2D eigenvalue weighted by Gasteiger charge is 2.34. The van der Waals surface area contributed by atoms with E-state index in [2.05, 4.69) is 11.8 Å². The van der Waals surface area contributed by atoms with Gasteiger partial charge in [-0.05, 0) is 31.8 Å². The first kappa shape index (κ1) is 9.20. The molecule has 74 valence electrons. The fraction of sp³-hybridized carbons (Fsp3) is 0.909. The molecule has 2 atom stereocenters. The summed E-state index contributed by atoms with van der Waals surface area (Å²) in [5.41, 5.74) is 0. The van der Waals surface area contributed by atoms with E-state index in [0.717, 1.165) is 25.2 Å². The lowest BCUT2D eigenvalue weighted by molar-refractivity contribution is -0.124. The van der Waals surface area contributed by atoms with Crippen LogP contribution < -0.4 is 0 Å². The third-order valence-electron chi connectivity index (χ3n) is 3.66. The number of likely N-dealkylation sites (tertiary alicyclic amines) is 1. The summed E-state index contributed by atoms with van der Waals surface area (Å²) in [5, 5.41) is 0. The Bertz CT molecular complexity index is 198. The zero-order valence-corrected chi connectivity index (χ0v) is 8.46. The number of carbonyl (C=O) groups excluding carboxylic acids is 1. The molecule has 2 rings (SSSR count). The molecule has 1 saturated carbocycles. The van der Waals surface area contributed by atoms with E-state index in [0.29, 0.717) is 11.8 Å². The number of hydrogen-bond donors (Lipinski definition) is 0. The Morgan fingerprint density at radius 1 is 1.46 bits per heavy atom. The van der Waals surface area contributed by atoms with Crippen molar-refractivity contribution in [2.24, 2.45) is 5.92 Å². The second-order valence-electron chi connectivity index (χ2n) is 4.41. The van der Waals surface area contributed by atoms with Gasteiger partial charge in [-0.25, -0.2) is 0 Å². The lowest BCUT2D eigenvalue weighted by Gasteiger charge is -2.44. The van der Waals surface area contributed by atoms with Gasteiger partial charge in [0, 0.05) is 18.9 Å². The quantitative estimate of drug-likeness (QED) is 0.648. The Balaban J connectivity index is 1.97. The number of Topliss-reactive ketones (excluding diaryl/α,β-unsaturated/α-hetero) is 1. The number of rotatable bonds is 2. The van der Waals surface area contributed by atoms with Crippen LogP contribution in [0, 0.1) is 5.92 Å². The van der Waals surface area contributed by atoms with Crippen LogP contribution in [0.2, 0.25) is 0 Å². The molecule has 2 unspecified atom stereocenters. The first-order valence-electron chi connectivity index (χ1n) is 5.57. The molecule has 2 aliphatic rings. The van der Waals surface area contributed by atoms with E-state index in [9.17, 15) is 4.79 Å². The molecule has 2 fully saturated rings. The highest BCUT2D eigenvalue weighted by molar-refractivity contribution is 5.79. The highest BCUT2D eigenvalue weighted by Crippen LogP contribution is 2.31. The van der Waals surface area contributed by atoms with Gasteiger partial charge in [0.05, 0.1) is 0 Å². The minimum Gasteiger partial charge on any atom is -0.300 e. The molecule has 0 aromatic rings. The maximum absolute atomic E-state index is 11.4. The normalized spacial score (nSPS) is 35.9. The molecule has 13 heavy (non-hydrogen) atoms. The van der Waals surface area contributed by atoms with Gasteiger partial charge in [-0.1, -0.05) is 13.3 Å². The zero-order chi connectivity index (χ0) is 9.26. The fourth-order valence-electron chi connectivity index (χ4n) is 2.62. The van der Waals surface area contributed by atoms with Gasteiger partial charge in [-0.2, -0.15) is 0 Å². The first-order valence-corrected chi connectivity index (χ1v) is 5.57. The monoisotopic (exact) mass is 181 g/mol. The van der Waals surface area contributed by atoms with Crippen LogP contribution in [-0.4, -0.2) is 29.8 Å². The largest absolute Gasteiger partial charge is 0.300 e. The molecule has 1 heterocycles. The molecular weight excluding hydrogens is 162 g/mol. The fourth-order valence-corrected chi connectivity index (χ4v) is 2.62. The van der Waals surface area contributed by atoms with Gasteiger partial charge in [0.15, 0.2) is 0 Å². The van der Waals surface area contributed by atoms with Crippen LogP contribution in [0.1, 0.15) is 39.0 Å². The van der Waals surface area contributed by atoms with Crippen LogP contribution in [0.3, 0.4) is 0 Å². The van der Waals surface area contributed by atoms with E-state index >= 15 is 0 Å². The predicted octanol–water partition coefficient (Wildman–Crippen LogP) is 1.84. The molecule has 0 amide bonds. The van der Waals surface area contributed by atoms with Gasteiger partial charge in [0.1, 0.15) is 5.78 Å². The average Bonchev–Trinajstić information content (AvgIpc) is 2.02. The minimum atomic E-state index is 0.488. The molecule has 0 spiro atoms. The third-order valence-corrected chi connectivity index (χ3v) is 3.66. The highest BCUT2D eigenvalue weighted by atomic mass is 16.1. The number of ketones is 1. The van der Waals surface area contributed by atoms with Crippen LogP contribution in [-0.2, 0) is 4.79 Å². The van der Waals surface area contributed by atoms with Crippen molar-refractivity contribution in [1.29, 1.82) is 0 Å². The van der Waals surface area contributed by atoms with Gasteiger partial charge in [0.2, 0.25) is 0 Å². The summed E-state index contributed by atoms with van der Waals surface area (Å²) in [4.78, 5) is 13.9. The summed E-state index contributed by atoms with van der Waals surface area (Å²) in [6.45, 7) is 4.72. The second-order valence-corrected chi connectivity index (χ2v) is 4.41. The van der Waals surface area contributed by atoms with Crippen LogP contribution in [0.25, 0.3) is 0 Å². The van der Waals surface area contributed by atoms with Gasteiger partial charge >= 0.3 is 0 Å².